The molecule has 2 aliphatic carbocycles. The van der Waals surface area contributed by atoms with Gasteiger partial charge in [0.2, 0.25) is 0 Å². The summed E-state index contributed by atoms with van der Waals surface area (Å²) in [5.41, 5.74) is 0.245. The monoisotopic (exact) mass is 251 g/mol. The normalized spacial score (nSPS) is 36.5. The van der Waals surface area contributed by atoms with Crippen LogP contribution in [0.4, 0.5) is 0 Å². The summed E-state index contributed by atoms with van der Waals surface area (Å²) >= 11 is 0. The van der Waals surface area contributed by atoms with Crippen LogP contribution >= 0.6 is 0 Å². The van der Waals surface area contributed by atoms with Crippen molar-refractivity contribution < 1.29 is 5.11 Å². The lowest BCUT2D eigenvalue weighted by molar-refractivity contribution is 0.0652. The molecule has 1 aliphatic heterocycles. The van der Waals surface area contributed by atoms with Crippen LogP contribution in [0.1, 0.15) is 57.8 Å². The minimum absolute atomic E-state index is 0.245. The van der Waals surface area contributed by atoms with Gasteiger partial charge in [-0.2, -0.15) is 0 Å². The summed E-state index contributed by atoms with van der Waals surface area (Å²) < 4.78 is 0. The Morgan fingerprint density at radius 2 is 1.50 bits per heavy atom. The molecule has 1 heterocycles. The third-order valence-electron chi connectivity index (χ3n) is 5.86. The van der Waals surface area contributed by atoms with Crippen LogP contribution in [0.25, 0.3) is 0 Å². The first-order valence-corrected chi connectivity index (χ1v) is 8.15. The first-order valence-electron chi connectivity index (χ1n) is 8.15. The molecule has 2 unspecified atom stereocenters. The quantitative estimate of drug-likeness (QED) is 0.779. The highest BCUT2D eigenvalue weighted by Crippen LogP contribution is 2.41. The van der Waals surface area contributed by atoms with Gasteiger partial charge >= 0.3 is 0 Å². The van der Waals surface area contributed by atoms with Crippen LogP contribution in [0.15, 0.2) is 0 Å². The number of nitrogens with zero attached hydrogens (tertiary/aromatic N) is 1. The van der Waals surface area contributed by atoms with E-state index in [4.69, 9.17) is 0 Å². The maximum absolute atomic E-state index is 9.90. The predicted octanol–water partition coefficient (Wildman–Crippen LogP) is 3.05. The van der Waals surface area contributed by atoms with E-state index in [1.165, 1.54) is 77.4 Å². The summed E-state index contributed by atoms with van der Waals surface area (Å²) in [6.45, 7) is 4.24. The molecular weight excluding hydrogens is 222 g/mol. The Kier molecular flexibility index (Phi) is 3.95. The molecule has 2 saturated carbocycles. The van der Waals surface area contributed by atoms with Gasteiger partial charge in [-0.1, -0.05) is 32.1 Å². The Morgan fingerprint density at radius 1 is 0.889 bits per heavy atom. The molecule has 1 saturated heterocycles. The van der Waals surface area contributed by atoms with Gasteiger partial charge in [-0.05, 0) is 37.5 Å². The van der Waals surface area contributed by atoms with E-state index < -0.39 is 0 Å². The van der Waals surface area contributed by atoms with Gasteiger partial charge in [0.25, 0.3) is 0 Å². The SMILES string of the molecule is OCC1(CN2CC3CCCC3C2)CCCCCC1. The lowest BCUT2D eigenvalue weighted by Gasteiger charge is -2.35. The molecule has 2 nitrogen and oxygen atoms in total. The number of hydrogen-bond acceptors (Lipinski definition) is 2. The largest absolute Gasteiger partial charge is 0.396 e. The topological polar surface area (TPSA) is 23.5 Å². The fourth-order valence-corrected chi connectivity index (χ4v) is 4.78. The van der Waals surface area contributed by atoms with Crippen molar-refractivity contribution in [2.24, 2.45) is 17.3 Å². The Balaban J connectivity index is 1.59. The molecule has 0 spiro atoms. The van der Waals surface area contributed by atoms with E-state index in [1.807, 2.05) is 0 Å². The number of aliphatic hydroxyl groups excluding tert-OH is 1. The van der Waals surface area contributed by atoms with Gasteiger partial charge in [-0.25, -0.2) is 0 Å². The first kappa shape index (κ1) is 12.9. The van der Waals surface area contributed by atoms with Crippen molar-refractivity contribution in [3.05, 3.63) is 0 Å². The number of fused-ring (bicyclic) bond motifs is 1. The van der Waals surface area contributed by atoms with Gasteiger partial charge < -0.3 is 10.0 Å². The van der Waals surface area contributed by atoms with Gasteiger partial charge in [0, 0.05) is 31.7 Å². The Bertz CT molecular complexity index is 258. The van der Waals surface area contributed by atoms with E-state index >= 15 is 0 Å². The molecule has 0 bridgehead atoms. The van der Waals surface area contributed by atoms with Crippen LogP contribution in [0.5, 0.6) is 0 Å². The maximum Gasteiger partial charge on any atom is 0.0499 e. The molecule has 3 aliphatic rings. The Morgan fingerprint density at radius 3 is 2.06 bits per heavy atom. The van der Waals surface area contributed by atoms with Crippen LogP contribution in [0.2, 0.25) is 0 Å². The molecule has 18 heavy (non-hydrogen) atoms. The Labute approximate surface area is 112 Å². The molecule has 3 fully saturated rings. The summed E-state index contributed by atoms with van der Waals surface area (Å²) in [5, 5.41) is 9.90. The summed E-state index contributed by atoms with van der Waals surface area (Å²) in [6.07, 6.45) is 12.3. The summed E-state index contributed by atoms with van der Waals surface area (Å²) in [7, 11) is 0. The molecule has 0 aromatic heterocycles. The second kappa shape index (κ2) is 5.50. The predicted molar refractivity (Wildman–Crippen MR) is 74.5 cm³/mol. The molecule has 2 atom stereocenters. The molecule has 3 rings (SSSR count). The standard InChI is InChI=1S/C16H29NO/c18-13-16(8-3-1-2-4-9-16)12-17-10-14-6-5-7-15(14)11-17/h14-15,18H,1-13H2. The fourth-order valence-electron chi connectivity index (χ4n) is 4.78. The molecule has 0 aromatic rings. The Hall–Kier alpha value is -0.0800. The smallest absolute Gasteiger partial charge is 0.0499 e. The highest BCUT2D eigenvalue weighted by atomic mass is 16.3. The van der Waals surface area contributed by atoms with Gasteiger partial charge in [0.05, 0.1) is 0 Å². The fraction of sp³-hybridized carbons (Fsp3) is 1.00. The maximum atomic E-state index is 9.90. The third-order valence-corrected chi connectivity index (χ3v) is 5.86. The van der Waals surface area contributed by atoms with Crippen LogP contribution < -0.4 is 0 Å². The minimum Gasteiger partial charge on any atom is -0.396 e. The lowest BCUT2D eigenvalue weighted by Crippen LogP contribution is -2.39. The van der Waals surface area contributed by atoms with Crippen LogP contribution in [0.3, 0.4) is 0 Å². The van der Waals surface area contributed by atoms with Crippen LogP contribution in [-0.4, -0.2) is 36.2 Å². The second-order valence-corrected chi connectivity index (χ2v) is 7.22. The highest BCUT2D eigenvalue weighted by Gasteiger charge is 2.40. The number of hydrogen-bond donors (Lipinski definition) is 1. The zero-order valence-corrected chi connectivity index (χ0v) is 11.7. The molecule has 0 radical (unpaired) electrons. The summed E-state index contributed by atoms with van der Waals surface area (Å²) in [4.78, 5) is 2.69. The van der Waals surface area contributed by atoms with Crippen LogP contribution in [0, 0.1) is 17.3 Å². The molecule has 0 aromatic carbocycles. The molecular formula is C16H29NO. The van der Waals surface area contributed by atoms with Gasteiger partial charge in [0.15, 0.2) is 0 Å². The second-order valence-electron chi connectivity index (χ2n) is 7.22. The van der Waals surface area contributed by atoms with Crippen molar-refractivity contribution in [2.75, 3.05) is 26.2 Å². The third kappa shape index (κ3) is 2.60. The van der Waals surface area contributed by atoms with Crippen molar-refractivity contribution in [1.82, 2.24) is 4.90 Å². The lowest BCUT2D eigenvalue weighted by atomic mass is 9.80. The van der Waals surface area contributed by atoms with Crippen molar-refractivity contribution in [2.45, 2.75) is 57.8 Å². The van der Waals surface area contributed by atoms with Crippen molar-refractivity contribution in [1.29, 1.82) is 0 Å². The summed E-state index contributed by atoms with van der Waals surface area (Å²) in [5.74, 6) is 1.98. The van der Waals surface area contributed by atoms with Gasteiger partial charge in [-0.3, -0.25) is 0 Å². The first-order chi connectivity index (χ1) is 8.81. The van der Waals surface area contributed by atoms with E-state index in [0.29, 0.717) is 6.61 Å². The van der Waals surface area contributed by atoms with Gasteiger partial charge in [0.1, 0.15) is 0 Å². The molecule has 104 valence electrons. The van der Waals surface area contributed by atoms with Crippen molar-refractivity contribution >= 4 is 0 Å². The number of rotatable bonds is 3. The molecule has 2 heteroatoms. The average Bonchev–Trinajstić information content (AvgIpc) is 2.85. The molecule has 1 N–H and O–H groups in total. The van der Waals surface area contributed by atoms with E-state index in [-0.39, 0.29) is 5.41 Å². The zero-order chi connectivity index (χ0) is 12.4. The summed E-state index contributed by atoms with van der Waals surface area (Å²) in [6, 6.07) is 0. The van der Waals surface area contributed by atoms with Crippen LogP contribution in [-0.2, 0) is 0 Å². The van der Waals surface area contributed by atoms with Crippen molar-refractivity contribution in [3.63, 3.8) is 0 Å². The highest BCUT2D eigenvalue weighted by molar-refractivity contribution is 4.92. The van der Waals surface area contributed by atoms with Crippen molar-refractivity contribution in [3.8, 4) is 0 Å². The number of likely N-dealkylation sites (tertiary alicyclic amines) is 1. The zero-order valence-electron chi connectivity index (χ0n) is 11.7. The average molecular weight is 251 g/mol. The van der Waals surface area contributed by atoms with E-state index in [2.05, 4.69) is 4.90 Å². The molecule has 0 amide bonds. The van der Waals surface area contributed by atoms with Gasteiger partial charge in [-0.15, -0.1) is 0 Å². The van der Waals surface area contributed by atoms with E-state index in [9.17, 15) is 5.11 Å². The minimum atomic E-state index is 0.245. The van der Waals surface area contributed by atoms with E-state index in [0.717, 1.165) is 11.8 Å². The van der Waals surface area contributed by atoms with E-state index in [1.54, 1.807) is 0 Å². The number of aliphatic hydroxyl groups is 1.